The highest BCUT2D eigenvalue weighted by atomic mass is 19.1. The number of aromatic carboxylic acids is 1. The minimum atomic E-state index is -1.14. The number of ether oxygens (including phenoxy) is 1. The third-order valence-electron chi connectivity index (χ3n) is 3.56. The van der Waals surface area contributed by atoms with Crippen LogP contribution < -0.4 is 15.4 Å². The van der Waals surface area contributed by atoms with Crippen LogP contribution in [0.2, 0.25) is 0 Å². The maximum absolute atomic E-state index is 13.1. The first-order valence-corrected chi connectivity index (χ1v) is 8.59. The van der Waals surface area contributed by atoms with Gasteiger partial charge < -0.3 is 20.5 Å². The van der Waals surface area contributed by atoms with Crippen LogP contribution in [0.1, 0.15) is 29.8 Å². The van der Waals surface area contributed by atoms with Gasteiger partial charge in [-0.3, -0.25) is 9.59 Å². The fourth-order valence-corrected chi connectivity index (χ4v) is 2.39. The maximum Gasteiger partial charge on any atom is 0.335 e. The van der Waals surface area contributed by atoms with Gasteiger partial charge in [-0.1, -0.05) is 12.1 Å². The van der Waals surface area contributed by atoms with Crippen molar-refractivity contribution in [1.82, 2.24) is 5.32 Å². The Labute approximate surface area is 161 Å². The van der Waals surface area contributed by atoms with Gasteiger partial charge in [-0.15, -0.1) is 0 Å². The molecule has 0 spiro atoms. The zero-order valence-corrected chi connectivity index (χ0v) is 15.5. The summed E-state index contributed by atoms with van der Waals surface area (Å²) in [6, 6.07) is 9.74. The fourth-order valence-electron chi connectivity index (χ4n) is 2.39. The number of halogens is 1. The molecule has 28 heavy (non-hydrogen) atoms. The van der Waals surface area contributed by atoms with Gasteiger partial charge in [-0.2, -0.15) is 0 Å². The first kappa shape index (κ1) is 20.9. The molecule has 0 unspecified atom stereocenters. The Kier molecular flexibility index (Phi) is 7.08. The first-order chi connectivity index (χ1) is 13.2. The molecule has 2 rings (SSSR count). The third kappa shape index (κ3) is 6.39. The molecule has 0 heterocycles. The molecule has 0 aliphatic carbocycles. The van der Waals surface area contributed by atoms with Gasteiger partial charge in [-0.25, -0.2) is 9.18 Å². The van der Waals surface area contributed by atoms with E-state index >= 15 is 0 Å². The van der Waals surface area contributed by atoms with E-state index in [0.717, 1.165) is 0 Å². The molecule has 7 nitrogen and oxygen atoms in total. The van der Waals surface area contributed by atoms with Crippen molar-refractivity contribution < 1.29 is 28.6 Å². The standard InChI is InChI=1S/C20H21FN2O5/c1-12(2)28-17-7-6-14(20(26)27)10-16(17)23-19(25)11-22-18(24)9-13-4-3-5-15(21)8-13/h3-8,10,12H,9,11H2,1-2H3,(H,22,24)(H,23,25)(H,26,27). The molecule has 0 radical (unpaired) electrons. The molecular formula is C20H21FN2O5. The number of rotatable bonds is 8. The van der Waals surface area contributed by atoms with Crippen molar-refractivity contribution in [3.63, 3.8) is 0 Å². The average molecular weight is 388 g/mol. The van der Waals surface area contributed by atoms with Crippen molar-refractivity contribution in [3.05, 3.63) is 59.4 Å². The predicted molar refractivity (Wildman–Crippen MR) is 101 cm³/mol. The molecule has 0 aliphatic heterocycles. The highest BCUT2D eigenvalue weighted by Gasteiger charge is 2.14. The van der Waals surface area contributed by atoms with Crippen molar-refractivity contribution in [3.8, 4) is 5.75 Å². The maximum atomic E-state index is 13.1. The zero-order valence-electron chi connectivity index (χ0n) is 15.5. The van der Waals surface area contributed by atoms with Crippen LogP contribution in [0.4, 0.5) is 10.1 Å². The summed E-state index contributed by atoms with van der Waals surface area (Å²) < 4.78 is 18.7. The van der Waals surface area contributed by atoms with Crippen molar-refractivity contribution >= 4 is 23.5 Å². The highest BCUT2D eigenvalue weighted by molar-refractivity contribution is 5.97. The Morgan fingerprint density at radius 3 is 2.50 bits per heavy atom. The molecule has 3 N–H and O–H groups in total. The van der Waals surface area contributed by atoms with E-state index in [2.05, 4.69) is 10.6 Å². The molecule has 0 aromatic heterocycles. The number of hydrogen-bond acceptors (Lipinski definition) is 4. The van der Waals surface area contributed by atoms with Crippen LogP contribution in [0.15, 0.2) is 42.5 Å². The van der Waals surface area contributed by atoms with Crippen LogP contribution in [-0.2, 0) is 16.0 Å². The van der Waals surface area contributed by atoms with Crippen LogP contribution in [0.5, 0.6) is 5.75 Å². The van der Waals surface area contributed by atoms with Gasteiger partial charge in [0.1, 0.15) is 11.6 Å². The van der Waals surface area contributed by atoms with Gasteiger partial charge in [0.15, 0.2) is 0 Å². The molecule has 0 fully saturated rings. The Hall–Kier alpha value is -3.42. The summed E-state index contributed by atoms with van der Waals surface area (Å²) in [5, 5.41) is 14.1. The fraction of sp³-hybridized carbons (Fsp3) is 0.250. The molecule has 0 saturated heterocycles. The monoisotopic (exact) mass is 388 g/mol. The molecule has 0 aliphatic rings. The number of benzene rings is 2. The Morgan fingerprint density at radius 2 is 1.86 bits per heavy atom. The number of carbonyl (C=O) groups excluding carboxylic acids is 2. The summed E-state index contributed by atoms with van der Waals surface area (Å²) in [5.74, 6) is -2.27. The summed E-state index contributed by atoms with van der Waals surface area (Å²) >= 11 is 0. The number of anilines is 1. The summed E-state index contributed by atoms with van der Waals surface area (Å²) in [5.41, 5.74) is 0.666. The normalized spacial score (nSPS) is 10.4. The van der Waals surface area contributed by atoms with E-state index in [1.165, 1.54) is 36.4 Å². The van der Waals surface area contributed by atoms with E-state index < -0.39 is 23.6 Å². The van der Waals surface area contributed by atoms with Crippen LogP contribution in [-0.4, -0.2) is 35.5 Å². The minimum Gasteiger partial charge on any atom is -0.489 e. The highest BCUT2D eigenvalue weighted by Crippen LogP contribution is 2.27. The average Bonchev–Trinajstić information content (AvgIpc) is 2.61. The summed E-state index contributed by atoms with van der Waals surface area (Å²) in [6.07, 6.45) is -0.251. The SMILES string of the molecule is CC(C)Oc1ccc(C(=O)O)cc1NC(=O)CNC(=O)Cc1cccc(F)c1. The minimum absolute atomic E-state index is 0.0125. The van der Waals surface area contributed by atoms with Crippen molar-refractivity contribution in [2.75, 3.05) is 11.9 Å². The lowest BCUT2D eigenvalue weighted by atomic mass is 10.1. The first-order valence-electron chi connectivity index (χ1n) is 8.59. The number of carbonyl (C=O) groups is 3. The molecule has 0 atom stereocenters. The number of hydrogen-bond donors (Lipinski definition) is 3. The quantitative estimate of drug-likeness (QED) is 0.645. The second kappa shape index (κ2) is 9.50. The van der Waals surface area contributed by atoms with E-state index in [0.29, 0.717) is 11.3 Å². The smallest absolute Gasteiger partial charge is 0.335 e. The number of amides is 2. The number of carboxylic acid groups (broad SMARTS) is 1. The molecule has 2 amide bonds. The molecule has 0 saturated carbocycles. The second-order valence-electron chi connectivity index (χ2n) is 6.31. The lowest BCUT2D eigenvalue weighted by Crippen LogP contribution is -2.34. The van der Waals surface area contributed by atoms with E-state index in [-0.39, 0.29) is 30.3 Å². The van der Waals surface area contributed by atoms with Gasteiger partial charge in [0, 0.05) is 0 Å². The van der Waals surface area contributed by atoms with E-state index in [4.69, 9.17) is 9.84 Å². The number of nitrogens with one attached hydrogen (secondary N) is 2. The summed E-state index contributed by atoms with van der Waals surface area (Å²) in [7, 11) is 0. The van der Waals surface area contributed by atoms with Crippen LogP contribution in [0.25, 0.3) is 0 Å². The largest absolute Gasteiger partial charge is 0.489 e. The number of carboxylic acids is 1. The third-order valence-corrected chi connectivity index (χ3v) is 3.56. The molecule has 0 bridgehead atoms. The second-order valence-corrected chi connectivity index (χ2v) is 6.31. The molecule has 2 aromatic carbocycles. The predicted octanol–water partition coefficient (Wildman–Crippen LogP) is 2.61. The van der Waals surface area contributed by atoms with Crippen molar-refractivity contribution in [1.29, 1.82) is 0 Å². The Balaban J connectivity index is 1.98. The summed E-state index contributed by atoms with van der Waals surface area (Å²) in [6.45, 7) is 3.26. The van der Waals surface area contributed by atoms with Crippen LogP contribution in [0.3, 0.4) is 0 Å². The van der Waals surface area contributed by atoms with E-state index in [1.807, 2.05) is 0 Å². The van der Waals surface area contributed by atoms with Gasteiger partial charge in [0.25, 0.3) is 0 Å². The molecule has 8 heteroatoms. The topological polar surface area (TPSA) is 105 Å². The summed E-state index contributed by atoms with van der Waals surface area (Å²) in [4.78, 5) is 35.2. The van der Waals surface area contributed by atoms with Crippen LogP contribution in [0, 0.1) is 5.82 Å². The van der Waals surface area contributed by atoms with Gasteiger partial charge >= 0.3 is 5.97 Å². The van der Waals surface area contributed by atoms with E-state index in [1.54, 1.807) is 19.9 Å². The van der Waals surface area contributed by atoms with Crippen molar-refractivity contribution in [2.24, 2.45) is 0 Å². The van der Waals surface area contributed by atoms with Gasteiger partial charge in [0.2, 0.25) is 11.8 Å². The molecule has 148 valence electrons. The van der Waals surface area contributed by atoms with Gasteiger partial charge in [0.05, 0.1) is 30.3 Å². The lowest BCUT2D eigenvalue weighted by molar-refractivity contribution is -0.123. The Bertz CT molecular complexity index is 883. The van der Waals surface area contributed by atoms with Gasteiger partial charge in [-0.05, 0) is 49.7 Å². The molecular weight excluding hydrogens is 367 g/mol. The molecule has 2 aromatic rings. The van der Waals surface area contributed by atoms with Crippen LogP contribution >= 0.6 is 0 Å². The lowest BCUT2D eigenvalue weighted by Gasteiger charge is -2.15. The van der Waals surface area contributed by atoms with E-state index in [9.17, 15) is 18.8 Å². The Morgan fingerprint density at radius 1 is 1.11 bits per heavy atom. The van der Waals surface area contributed by atoms with Crippen molar-refractivity contribution in [2.45, 2.75) is 26.4 Å². The zero-order chi connectivity index (χ0) is 20.7.